The standard InChI is InChI=1S/C7H8O.3CH3.Zr/c1-6(8)7-4-2-3-5-7;;;;/h2-4,8H,1,5H2;3*1H3;/q;3*-1;+3. The molecule has 1 nitrogen and oxygen atoms in total. The molecule has 0 amide bonds. The molecule has 0 aromatic rings. The summed E-state index contributed by atoms with van der Waals surface area (Å²) in [6.45, 7) is 3.38. The van der Waals surface area contributed by atoms with Crippen molar-refractivity contribution < 1.29 is 31.3 Å². The quantitative estimate of drug-likeness (QED) is 0.554. The molecular formula is C10H17OZr. The molecule has 2 heteroatoms. The summed E-state index contributed by atoms with van der Waals surface area (Å²) < 4.78 is 0. The molecule has 12 heavy (non-hydrogen) atoms. The molecule has 1 N–H and O–H groups in total. The maximum atomic E-state index is 8.75. The Morgan fingerprint density at radius 2 is 1.83 bits per heavy atom. The van der Waals surface area contributed by atoms with Gasteiger partial charge >= 0.3 is 26.2 Å². The van der Waals surface area contributed by atoms with Gasteiger partial charge in [-0.3, -0.25) is 0 Å². The summed E-state index contributed by atoms with van der Waals surface area (Å²) in [7, 11) is 0. The van der Waals surface area contributed by atoms with Crippen molar-refractivity contribution in [3.63, 3.8) is 0 Å². The average molecular weight is 244 g/mol. The summed E-state index contributed by atoms with van der Waals surface area (Å²) in [5.74, 6) is 0.190. The first-order valence-electron chi connectivity index (χ1n) is 2.54. The predicted molar refractivity (Wildman–Crippen MR) is 52.9 cm³/mol. The van der Waals surface area contributed by atoms with Crippen molar-refractivity contribution in [2.24, 2.45) is 0 Å². The molecule has 0 unspecified atom stereocenters. The van der Waals surface area contributed by atoms with Crippen molar-refractivity contribution in [2.75, 3.05) is 0 Å². The first-order valence-corrected chi connectivity index (χ1v) is 2.54. The maximum Gasteiger partial charge on any atom is 3.00 e. The normalized spacial score (nSPS) is 10.8. The number of hydrogen-bond donors (Lipinski definition) is 1. The minimum Gasteiger partial charge on any atom is -0.508 e. The van der Waals surface area contributed by atoms with Gasteiger partial charge in [0.05, 0.1) is 0 Å². The molecule has 1 aliphatic carbocycles. The number of allylic oxidation sites excluding steroid dienone is 4. The fourth-order valence-electron chi connectivity index (χ4n) is 0.661. The molecule has 1 aliphatic rings. The third-order valence-corrected chi connectivity index (χ3v) is 1.14. The van der Waals surface area contributed by atoms with Gasteiger partial charge in [0.2, 0.25) is 0 Å². The minimum absolute atomic E-state index is 0. The average Bonchev–Trinajstić information content (AvgIpc) is 2.12. The monoisotopic (exact) mass is 243 g/mol. The Hall–Kier alpha value is -0.0969. The van der Waals surface area contributed by atoms with E-state index in [1.807, 2.05) is 18.2 Å². The van der Waals surface area contributed by atoms with E-state index >= 15 is 0 Å². The molecule has 0 saturated carbocycles. The minimum atomic E-state index is 0. The van der Waals surface area contributed by atoms with Crippen LogP contribution in [-0.4, -0.2) is 5.11 Å². The van der Waals surface area contributed by atoms with E-state index in [1.54, 1.807) is 0 Å². The second kappa shape index (κ2) is 10.9. The van der Waals surface area contributed by atoms with Gasteiger partial charge in [-0.05, 0) is 12.0 Å². The SMILES string of the molecule is C=C(O)C1=CC=CC1.[CH3-].[CH3-].[CH3-].[Zr+3]. The van der Waals surface area contributed by atoms with Gasteiger partial charge < -0.3 is 27.4 Å². The van der Waals surface area contributed by atoms with Crippen LogP contribution in [0.5, 0.6) is 0 Å². The van der Waals surface area contributed by atoms with E-state index in [0.717, 1.165) is 12.0 Å². The number of aliphatic hydroxyl groups is 1. The summed E-state index contributed by atoms with van der Waals surface area (Å²) >= 11 is 0. The molecule has 0 aliphatic heterocycles. The summed E-state index contributed by atoms with van der Waals surface area (Å²) in [4.78, 5) is 0. The van der Waals surface area contributed by atoms with Gasteiger partial charge in [0.25, 0.3) is 0 Å². The van der Waals surface area contributed by atoms with Crippen LogP contribution in [0.3, 0.4) is 0 Å². The van der Waals surface area contributed by atoms with Crippen molar-refractivity contribution in [3.8, 4) is 0 Å². The van der Waals surface area contributed by atoms with E-state index in [2.05, 4.69) is 6.58 Å². The Balaban J connectivity index is -0.0000000800. The van der Waals surface area contributed by atoms with Crippen LogP contribution in [-0.2, 0) is 26.2 Å². The zero-order valence-electron chi connectivity index (χ0n) is 8.09. The first kappa shape index (κ1) is 22.7. The Morgan fingerprint density at radius 1 is 1.33 bits per heavy atom. The molecule has 0 spiro atoms. The molecule has 0 bridgehead atoms. The summed E-state index contributed by atoms with van der Waals surface area (Å²) in [5.41, 5.74) is 0.921. The fourth-order valence-corrected chi connectivity index (χ4v) is 0.661. The summed E-state index contributed by atoms with van der Waals surface area (Å²) in [6.07, 6.45) is 6.59. The topological polar surface area (TPSA) is 20.2 Å². The van der Waals surface area contributed by atoms with Crippen molar-refractivity contribution >= 4 is 0 Å². The van der Waals surface area contributed by atoms with Crippen molar-refractivity contribution in [2.45, 2.75) is 6.42 Å². The summed E-state index contributed by atoms with van der Waals surface area (Å²) in [6, 6.07) is 0. The third kappa shape index (κ3) is 6.60. The van der Waals surface area contributed by atoms with E-state index in [-0.39, 0.29) is 54.2 Å². The Kier molecular flexibility index (Phi) is 20.6. The zero-order chi connectivity index (χ0) is 5.98. The number of rotatable bonds is 1. The molecule has 0 saturated heterocycles. The van der Waals surface area contributed by atoms with E-state index in [9.17, 15) is 0 Å². The Morgan fingerprint density at radius 3 is 2.00 bits per heavy atom. The van der Waals surface area contributed by atoms with Crippen LogP contribution in [0.1, 0.15) is 6.42 Å². The molecule has 0 heterocycles. The van der Waals surface area contributed by atoms with Crippen LogP contribution in [0.2, 0.25) is 0 Å². The van der Waals surface area contributed by atoms with Gasteiger partial charge in [0.15, 0.2) is 0 Å². The van der Waals surface area contributed by atoms with Crippen LogP contribution in [0.25, 0.3) is 0 Å². The van der Waals surface area contributed by atoms with Crippen LogP contribution in [0, 0.1) is 22.3 Å². The predicted octanol–water partition coefficient (Wildman–Crippen LogP) is 3.29. The van der Waals surface area contributed by atoms with E-state index < -0.39 is 0 Å². The van der Waals surface area contributed by atoms with E-state index in [4.69, 9.17) is 5.11 Å². The van der Waals surface area contributed by atoms with Gasteiger partial charge in [-0.25, -0.2) is 0 Å². The van der Waals surface area contributed by atoms with Crippen LogP contribution >= 0.6 is 0 Å². The first-order chi connectivity index (χ1) is 3.80. The van der Waals surface area contributed by atoms with Crippen molar-refractivity contribution in [1.29, 1.82) is 0 Å². The second-order valence-corrected chi connectivity index (χ2v) is 1.77. The number of hydrogen-bond acceptors (Lipinski definition) is 1. The number of aliphatic hydroxyl groups excluding tert-OH is 1. The third-order valence-electron chi connectivity index (χ3n) is 1.14. The van der Waals surface area contributed by atoms with Crippen LogP contribution in [0.4, 0.5) is 0 Å². The summed E-state index contributed by atoms with van der Waals surface area (Å²) in [5, 5.41) is 8.75. The molecule has 1 rings (SSSR count). The molecular weight excluding hydrogens is 227 g/mol. The van der Waals surface area contributed by atoms with E-state index in [1.165, 1.54) is 0 Å². The van der Waals surface area contributed by atoms with E-state index in [0.29, 0.717) is 0 Å². The van der Waals surface area contributed by atoms with Crippen LogP contribution in [0.15, 0.2) is 36.1 Å². The van der Waals surface area contributed by atoms with Crippen LogP contribution < -0.4 is 0 Å². The molecule has 0 aromatic carbocycles. The maximum absolute atomic E-state index is 8.75. The van der Waals surface area contributed by atoms with Gasteiger partial charge in [0.1, 0.15) is 5.76 Å². The largest absolute Gasteiger partial charge is 3.00 e. The zero-order valence-corrected chi connectivity index (χ0v) is 10.6. The second-order valence-electron chi connectivity index (χ2n) is 1.77. The van der Waals surface area contributed by atoms with Gasteiger partial charge in [-0.2, -0.15) is 0 Å². The molecule has 0 fully saturated rings. The van der Waals surface area contributed by atoms with Crippen molar-refractivity contribution in [3.05, 3.63) is 58.4 Å². The molecule has 0 aromatic heterocycles. The Labute approximate surface area is 96.0 Å². The molecule has 1 radical (unpaired) electrons. The van der Waals surface area contributed by atoms with Gasteiger partial charge in [0, 0.05) is 0 Å². The molecule has 67 valence electrons. The fraction of sp³-hybridized carbons (Fsp3) is 0.100. The smallest absolute Gasteiger partial charge is 0.508 e. The van der Waals surface area contributed by atoms with Crippen molar-refractivity contribution in [1.82, 2.24) is 0 Å². The van der Waals surface area contributed by atoms with Gasteiger partial charge in [-0.15, -0.1) is 0 Å². The van der Waals surface area contributed by atoms with Gasteiger partial charge in [-0.1, -0.05) is 24.8 Å². The Bertz CT molecular complexity index is 169. The molecule has 0 atom stereocenters.